The van der Waals surface area contributed by atoms with Gasteiger partial charge in [-0.25, -0.2) is 32.1 Å². The van der Waals surface area contributed by atoms with Crippen LogP contribution in [0.25, 0.3) is 0 Å². The minimum atomic E-state index is -4.17. The maximum absolute atomic E-state index is 13.0. The summed E-state index contributed by atoms with van der Waals surface area (Å²) in [5, 5.41) is 17.4. The topological polar surface area (TPSA) is 266 Å². The minimum Gasteiger partial charge on any atom is -0.454 e. The van der Waals surface area contributed by atoms with Crippen LogP contribution >= 0.6 is 0 Å². The molecular formula is C50H69N9O10S2. The first-order valence-corrected chi connectivity index (χ1v) is 27.0. The fourth-order valence-electron chi connectivity index (χ4n) is 7.37. The van der Waals surface area contributed by atoms with E-state index in [0.717, 1.165) is 84.7 Å². The molecule has 71 heavy (non-hydrogen) atoms. The number of carbonyl (C=O) groups excluding carboxylic acids is 2. The van der Waals surface area contributed by atoms with Crippen molar-refractivity contribution in [1.82, 2.24) is 19.4 Å². The van der Waals surface area contributed by atoms with Gasteiger partial charge in [0.05, 0.1) is 37.8 Å². The molecule has 3 heterocycles. The van der Waals surface area contributed by atoms with E-state index in [1.807, 2.05) is 19.1 Å². The standard InChI is InChI=1S/C24H33N3O5S.C20H22N4O4S.C6H14N2O/c1-2-3-11-26-21-17-19(22(28)10-7-12-27-13-15-31-16-14-27)18-23(33(25,29)30)24(21)32-20-8-5-4-6-9-20;1-2-3-9-23-17-12-15(20(25)24-11-10-22-14-24)13-18(29(21,26)27)19(17)28-16-7-5-4-6-8-16;7-1-2-8-3-5-9-6-4-8/h4-6,8-9,17-18,26H,2-3,7,10-16H2,1H3,(H2,25,29,30);4-8,10-14,23H,2-3,9H2,1H3,(H2,21,26,27);1-7H2. The molecule has 0 unspecified atom stereocenters. The van der Waals surface area contributed by atoms with Crippen molar-refractivity contribution in [2.24, 2.45) is 16.0 Å². The first-order valence-electron chi connectivity index (χ1n) is 23.9. The molecule has 2 fully saturated rings. The molecule has 0 atom stereocenters. The van der Waals surface area contributed by atoms with Gasteiger partial charge >= 0.3 is 0 Å². The zero-order valence-corrected chi connectivity index (χ0v) is 42.3. The van der Waals surface area contributed by atoms with Gasteiger partial charge in [0.1, 0.15) is 27.6 Å². The van der Waals surface area contributed by atoms with Crippen LogP contribution in [0.1, 0.15) is 73.1 Å². The number of rotatable bonds is 22. The number of hydrogen-bond donors (Lipinski definition) is 5. The molecule has 7 rings (SSSR count). The van der Waals surface area contributed by atoms with Gasteiger partial charge in [-0.3, -0.25) is 24.0 Å². The van der Waals surface area contributed by atoms with Gasteiger partial charge in [-0.2, -0.15) is 0 Å². The third-order valence-electron chi connectivity index (χ3n) is 11.2. The number of Topliss-reactive ketones (excluding diaryl/α,β-unsaturated/α-hetero) is 1. The van der Waals surface area contributed by atoms with Crippen LogP contribution in [0.5, 0.6) is 23.0 Å². The number of ketones is 1. The summed E-state index contributed by atoms with van der Waals surface area (Å²) in [5.41, 5.74) is 6.64. The van der Waals surface area contributed by atoms with Crippen LogP contribution in [-0.4, -0.2) is 133 Å². The number of aromatic nitrogens is 2. The summed E-state index contributed by atoms with van der Waals surface area (Å²) in [5.74, 6) is 0.520. The molecule has 0 aliphatic carbocycles. The van der Waals surface area contributed by atoms with Crippen LogP contribution in [-0.2, 0) is 29.5 Å². The van der Waals surface area contributed by atoms with Gasteiger partial charge in [0.25, 0.3) is 5.91 Å². The minimum absolute atomic E-state index is 0.0528. The molecule has 2 aliphatic rings. The van der Waals surface area contributed by atoms with Crippen molar-refractivity contribution in [1.29, 1.82) is 0 Å². The molecule has 19 nitrogen and oxygen atoms in total. The maximum atomic E-state index is 13.0. The molecule has 2 aliphatic heterocycles. The molecule has 1 aromatic heterocycles. The monoisotopic (exact) mass is 1020 g/mol. The Kier molecular flexibility index (Phi) is 22.9. The number of ether oxygens (including phenoxy) is 4. The number of nitrogens with zero attached hydrogens (tertiary/aromatic N) is 4. The van der Waals surface area contributed by atoms with E-state index in [2.05, 4.69) is 32.3 Å². The molecule has 5 aromatic rings. The van der Waals surface area contributed by atoms with E-state index in [-0.39, 0.29) is 32.6 Å². The van der Waals surface area contributed by atoms with Crippen molar-refractivity contribution in [2.45, 2.75) is 62.2 Å². The molecular weight excluding hydrogens is 951 g/mol. The number of nitrogens with two attached hydrogens (primary N) is 3. The first-order chi connectivity index (χ1) is 34.2. The molecule has 8 N–H and O–H groups in total. The Morgan fingerprint density at radius 1 is 0.662 bits per heavy atom. The van der Waals surface area contributed by atoms with Gasteiger partial charge in [-0.05, 0) is 74.3 Å². The molecule has 0 saturated carbocycles. The number of morpholine rings is 2. The molecule has 0 radical (unpaired) electrons. The molecule has 386 valence electrons. The molecule has 2 saturated heterocycles. The molecule has 0 amide bonds. The van der Waals surface area contributed by atoms with Gasteiger partial charge in [-0.15, -0.1) is 0 Å². The van der Waals surface area contributed by atoms with Crippen LogP contribution in [0.2, 0.25) is 0 Å². The maximum Gasteiger partial charge on any atom is 0.263 e. The highest BCUT2D eigenvalue weighted by atomic mass is 32.2. The zero-order chi connectivity index (χ0) is 51.1. The average Bonchev–Trinajstić information content (AvgIpc) is 3.91. The van der Waals surface area contributed by atoms with E-state index in [4.69, 9.17) is 35.0 Å². The Balaban J connectivity index is 0.000000226. The smallest absolute Gasteiger partial charge is 0.263 e. The second-order valence-corrected chi connectivity index (χ2v) is 19.7. The van der Waals surface area contributed by atoms with Crippen molar-refractivity contribution in [2.75, 3.05) is 96.0 Å². The lowest BCUT2D eigenvalue weighted by molar-refractivity contribution is 0.0371. The Hall–Kier alpha value is -5.75. The Morgan fingerprint density at radius 2 is 1.13 bits per heavy atom. The van der Waals surface area contributed by atoms with Crippen LogP contribution < -0.4 is 36.1 Å². The van der Waals surface area contributed by atoms with Crippen LogP contribution in [0.4, 0.5) is 11.4 Å². The lowest BCUT2D eigenvalue weighted by atomic mass is 10.0. The predicted molar refractivity (Wildman–Crippen MR) is 275 cm³/mol. The van der Waals surface area contributed by atoms with Crippen molar-refractivity contribution in [3.05, 3.63) is 115 Å². The van der Waals surface area contributed by atoms with Gasteiger partial charge in [0, 0.05) is 82.3 Å². The van der Waals surface area contributed by atoms with Crippen molar-refractivity contribution in [3.8, 4) is 23.0 Å². The highest BCUT2D eigenvalue weighted by Crippen LogP contribution is 2.39. The number of para-hydroxylation sites is 2. The number of nitrogens with one attached hydrogen (secondary N) is 2. The number of hydrogen-bond acceptors (Lipinski definition) is 16. The van der Waals surface area contributed by atoms with Gasteiger partial charge < -0.3 is 35.3 Å². The van der Waals surface area contributed by atoms with Crippen molar-refractivity contribution < 1.29 is 45.4 Å². The quantitative estimate of drug-likeness (QED) is 0.0385. The third-order valence-corrected chi connectivity index (χ3v) is 13.0. The Bertz CT molecular complexity index is 2630. The predicted octanol–water partition coefficient (Wildman–Crippen LogP) is 6.13. The Morgan fingerprint density at radius 3 is 1.56 bits per heavy atom. The van der Waals surface area contributed by atoms with E-state index in [0.29, 0.717) is 67.6 Å². The number of unbranched alkanes of at least 4 members (excludes halogenated alkanes) is 2. The largest absolute Gasteiger partial charge is 0.454 e. The van der Waals surface area contributed by atoms with E-state index in [1.165, 1.54) is 35.4 Å². The second-order valence-electron chi connectivity index (χ2n) is 16.7. The number of carbonyl (C=O) groups is 2. The molecule has 4 aromatic carbocycles. The molecule has 21 heteroatoms. The van der Waals surface area contributed by atoms with Crippen molar-refractivity contribution in [3.63, 3.8) is 0 Å². The first kappa shape index (κ1) is 56.2. The number of anilines is 2. The highest BCUT2D eigenvalue weighted by molar-refractivity contribution is 7.89. The van der Waals surface area contributed by atoms with E-state index in [1.54, 1.807) is 60.7 Å². The fourth-order valence-corrected chi connectivity index (χ4v) is 8.77. The highest BCUT2D eigenvalue weighted by Gasteiger charge is 2.26. The van der Waals surface area contributed by atoms with E-state index >= 15 is 0 Å². The summed E-state index contributed by atoms with van der Waals surface area (Å²) >= 11 is 0. The average molecular weight is 1020 g/mol. The zero-order valence-electron chi connectivity index (χ0n) is 40.7. The number of imidazole rings is 1. The summed E-state index contributed by atoms with van der Waals surface area (Å²) in [7, 11) is -8.31. The summed E-state index contributed by atoms with van der Waals surface area (Å²) in [4.78, 5) is 33.7. The normalized spacial score (nSPS) is 14.3. The van der Waals surface area contributed by atoms with E-state index < -0.39 is 26.0 Å². The third kappa shape index (κ3) is 18.4. The summed E-state index contributed by atoms with van der Waals surface area (Å²) in [6.45, 7) is 14.9. The van der Waals surface area contributed by atoms with Crippen LogP contribution in [0.15, 0.2) is 113 Å². The SMILES string of the molecule is CCCCNc1cc(C(=O)CCCN2CCOCC2)cc(S(N)(=O)=O)c1Oc1ccccc1.CCCCNc1cc(C(=O)n2ccnc2)cc(S(N)(=O)=O)c1Oc1ccccc1.NCCN1CCOCC1. The molecule has 0 bridgehead atoms. The summed E-state index contributed by atoms with van der Waals surface area (Å²) in [6.07, 6.45) is 8.93. The number of benzene rings is 4. The van der Waals surface area contributed by atoms with Gasteiger partial charge in [0.15, 0.2) is 17.3 Å². The summed E-state index contributed by atoms with van der Waals surface area (Å²) < 4.78 is 73.2. The molecule has 0 spiro atoms. The van der Waals surface area contributed by atoms with E-state index in [9.17, 15) is 26.4 Å². The number of sulfonamides is 2. The van der Waals surface area contributed by atoms with Crippen molar-refractivity contribution >= 4 is 43.1 Å². The van der Waals surface area contributed by atoms with Gasteiger partial charge in [0.2, 0.25) is 20.0 Å². The Labute approximate surface area is 418 Å². The number of primary sulfonamides is 2. The van der Waals surface area contributed by atoms with Crippen LogP contribution in [0.3, 0.4) is 0 Å². The van der Waals surface area contributed by atoms with Gasteiger partial charge in [-0.1, -0.05) is 63.1 Å². The summed E-state index contributed by atoms with van der Waals surface area (Å²) in [6, 6.07) is 23.4. The fraction of sp³-hybridized carbons (Fsp3) is 0.420. The second kappa shape index (κ2) is 28.9. The lowest BCUT2D eigenvalue weighted by Gasteiger charge is -2.26. The lowest BCUT2D eigenvalue weighted by Crippen LogP contribution is -2.39. The van der Waals surface area contributed by atoms with Crippen LogP contribution in [0, 0.1) is 0 Å².